The van der Waals surface area contributed by atoms with Gasteiger partial charge in [-0.2, -0.15) is 0 Å². The van der Waals surface area contributed by atoms with Crippen LogP contribution in [-0.2, 0) is 0 Å². The van der Waals surface area contributed by atoms with Gasteiger partial charge < -0.3 is 10.2 Å². The van der Waals surface area contributed by atoms with Crippen molar-refractivity contribution in [2.45, 2.75) is 33.6 Å². The Morgan fingerprint density at radius 1 is 1.35 bits per heavy atom. The zero-order valence-corrected chi connectivity index (χ0v) is 13.5. The Balaban J connectivity index is 2.95. The van der Waals surface area contributed by atoms with Crippen molar-refractivity contribution in [1.82, 2.24) is 9.88 Å². The van der Waals surface area contributed by atoms with Crippen molar-refractivity contribution >= 4 is 23.3 Å². The third-order valence-corrected chi connectivity index (χ3v) is 3.91. The van der Waals surface area contributed by atoms with Gasteiger partial charge in [0.05, 0.1) is 5.02 Å². The van der Waals surface area contributed by atoms with E-state index in [1.54, 1.807) is 19.2 Å². The van der Waals surface area contributed by atoms with Crippen molar-refractivity contribution in [3.63, 3.8) is 0 Å². The molecule has 1 aromatic rings. The minimum Gasteiger partial charge on any atom is -0.373 e. The summed E-state index contributed by atoms with van der Waals surface area (Å²) in [6, 6.07) is 3.47. The number of nitrogens with one attached hydrogen (secondary N) is 1. The first-order valence-corrected chi connectivity index (χ1v) is 7.58. The SMILES string of the molecule is CCC(CC)CN(CC)C(=O)c1nc(NC)ccc1Cl. The van der Waals surface area contributed by atoms with Crippen LogP contribution in [0.5, 0.6) is 0 Å². The Hall–Kier alpha value is -1.29. The van der Waals surface area contributed by atoms with E-state index < -0.39 is 0 Å². The first kappa shape index (κ1) is 16.8. The number of carbonyl (C=O) groups is 1. The summed E-state index contributed by atoms with van der Waals surface area (Å²) in [5.74, 6) is 1.07. The van der Waals surface area contributed by atoms with Crippen LogP contribution in [0, 0.1) is 5.92 Å². The maximum absolute atomic E-state index is 12.6. The molecule has 20 heavy (non-hydrogen) atoms. The molecule has 0 saturated heterocycles. The third kappa shape index (κ3) is 4.10. The molecule has 5 heteroatoms. The second-order valence-electron chi connectivity index (χ2n) is 4.80. The topological polar surface area (TPSA) is 45.2 Å². The number of nitrogens with zero attached hydrogens (tertiary/aromatic N) is 2. The normalized spacial score (nSPS) is 10.7. The molecule has 1 heterocycles. The molecule has 1 rings (SSSR count). The van der Waals surface area contributed by atoms with Crippen molar-refractivity contribution < 1.29 is 4.79 Å². The second-order valence-corrected chi connectivity index (χ2v) is 5.21. The number of aromatic nitrogens is 1. The highest BCUT2D eigenvalue weighted by Gasteiger charge is 2.21. The quantitative estimate of drug-likeness (QED) is 0.835. The molecule has 1 aromatic heterocycles. The molecule has 0 aromatic carbocycles. The molecule has 0 aliphatic rings. The van der Waals surface area contributed by atoms with Gasteiger partial charge in [-0.25, -0.2) is 4.98 Å². The highest BCUT2D eigenvalue weighted by atomic mass is 35.5. The number of anilines is 1. The lowest BCUT2D eigenvalue weighted by molar-refractivity contribution is 0.0729. The van der Waals surface area contributed by atoms with E-state index in [1.807, 2.05) is 11.8 Å². The van der Waals surface area contributed by atoms with E-state index in [4.69, 9.17) is 11.6 Å². The molecular formula is C15H24ClN3O. The van der Waals surface area contributed by atoms with Crippen LogP contribution in [0.4, 0.5) is 5.82 Å². The van der Waals surface area contributed by atoms with Gasteiger partial charge in [0, 0.05) is 20.1 Å². The molecule has 112 valence electrons. The molecule has 4 nitrogen and oxygen atoms in total. The molecule has 1 amide bonds. The first-order valence-electron chi connectivity index (χ1n) is 7.20. The number of carbonyl (C=O) groups excluding carboxylic acids is 1. The second kappa shape index (κ2) is 8.10. The van der Waals surface area contributed by atoms with Crippen molar-refractivity contribution in [2.75, 3.05) is 25.5 Å². The average Bonchev–Trinajstić information content (AvgIpc) is 2.48. The molecule has 0 atom stereocenters. The summed E-state index contributed by atoms with van der Waals surface area (Å²) in [5.41, 5.74) is 0.325. The van der Waals surface area contributed by atoms with Gasteiger partial charge in [-0.15, -0.1) is 0 Å². The van der Waals surface area contributed by atoms with Crippen LogP contribution in [-0.4, -0.2) is 35.9 Å². The summed E-state index contributed by atoms with van der Waals surface area (Å²) < 4.78 is 0. The fourth-order valence-corrected chi connectivity index (χ4v) is 2.28. The lowest BCUT2D eigenvalue weighted by atomic mass is 10.0. The number of hydrogen-bond acceptors (Lipinski definition) is 3. The van der Waals surface area contributed by atoms with Gasteiger partial charge >= 0.3 is 0 Å². The Morgan fingerprint density at radius 3 is 2.50 bits per heavy atom. The molecule has 0 radical (unpaired) electrons. The van der Waals surface area contributed by atoms with Crippen LogP contribution < -0.4 is 5.32 Å². The molecule has 0 spiro atoms. The Kier molecular flexibility index (Phi) is 6.79. The molecule has 0 aliphatic heterocycles. The van der Waals surface area contributed by atoms with Crippen LogP contribution >= 0.6 is 11.6 Å². The van der Waals surface area contributed by atoms with Crippen LogP contribution in [0.2, 0.25) is 5.02 Å². The molecule has 0 unspecified atom stereocenters. The molecule has 0 saturated carbocycles. The fourth-order valence-electron chi connectivity index (χ4n) is 2.10. The van der Waals surface area contributed by atoms with Gasteiger partial charge in [0.1, 0.15) is 11.5 Å². The molecular weight excluding hydrogens is 274 g/mol. The molecule has 1 N–H and O–H groups in total. The van der Waals surface area contributed by atoms with E-state index in [1.165, 1.54) is 0 Å². The minimum absolute atomic E-state index is 0.0958. The van der Waals surface area contributed by atoms with Gasteiger partial charge in [-0.05, 0) is 25.0 Å². The van der Waals surface area contributed by atoms with Crippen molar-refractivity contribution in [2.24, 2.45) is 5.92 Å². The third-order valence-electron chi connectivity index (χ3n) is 3.61. The number of rotatable bonds is 7. The van der Waals surface area contributed by atoms with E-state index in [0.717, 1.165) is 19.4 Å². The zero-order valence-electron chi connectivity index (χ0n) is 12.7. The van der Waals surface area contributed by atoms with Gasteiger partial charge in [0.25, 0.3) is 5.91 Å². The van der Waals surface area contributed by atoms with E-state index in [-0.39, 0.29) is 5.91 Å². The summed E-state index contributed by atoms with van der Waals surface area (Å²) in [6.07, 6.45) is 2.13. The summed E-state index contributed by atoms with van der Waals surface area (Å²) in [4.78, 5) is 18.7. The van der Waals surface area contributed by atoms with E-state index in [2.05, 4.69) is 24.1 Å². The number of hydrogen-bond donors (Lipinski definition) is 1. The maximum Gasteiger partial charge on any atom is 0.274 e. The predicted octanol–water partition coefficient (Wildman–Crippen LogP) is 3.68. The lowest BCUT2D eigenvalue weighted by Crippen LogP contribution is -2.35. The van der Waals surface area contributed by atoms with Crippen molar-refractivity contribution in [3.05, 3.63) is 22.8 Å². The van der Waals surface area contributed by atoms with E-state index in [9.17, 15) is 4.79 Å². The number of halogens is 1. The first-order chi connectivity index (χ1) is 9.57. The van der Waals surface area contributed by atoms with Gasteiger partial charge in [-0.1, -0.05) is 38.3 Å². The number of amides is 1. The molecule has 0 bridgehead atoms. The summed E-state index contributed by atoms with van der Waals surface area (Å²) >= 11 is 6.12. The lowest BCUT2D eigenvalue weighted by Gasteiger charge is -2.25. The summed E-state index contributed by atoms with van der Waals surface area (Å²) in [7, 11) is 1.77. The Morgan fingerprint density at radius 2 is 2.00 bits per heavy atom. The Bertz CT molecular complexity index is 447. The van der Waals surface area contributed by atoms with E-state index >= 15 is 0 Å². The van der Waals surface area contributed by atoms with Crippen LogP contribution in [0.3, 0.4) is 0 Å². The fraction of sp³-hybridized carbons (Fsp3) is 0.600. The monoisotopic (exact) mass is 297 g/mol. The molecule has 0 fully saturated rings. The Labute approximate surface area is 126 Å². The maximum atomic E-state index is 12.6. The van der Waals surface area contributed by atoms with Gasteiger partial charge in [-0.3, -0.25) is 4.79 Å². The van der Waals surface area contributed by atoms with Crippen LogP contribution in [0.15, 0.2) is 12.1 Å². The van der Waals surface area contributed by atoms with Crippen molar-refractivity contribution in [1.29, 1.82) is 0 Å². The zero-order chi connectivity index (χ0) is 15.1. The number of pyridine rings is 1. The molecule has 0 aliphatic carbocycles. The highest BCUT2D eigenvalue weighted by molar-refractivity contribution is 6.33. The standard InChI is InChI=1S/C15H24ClN3O/c1-5-11(6-2)10-19(7-3)15(20)14-12(16)8-9-13(17-4)18-14/h8-9,11H,5-7,10H2,1-4H3,(H,17,18). The average molecular weight is 298 g/mol. The smallest absolute Gasteiger partial charge is 0.274 e. The van der Waals surface area contributed by atoms with Crippen LogP contribution in [0.1, 0.15) is 44.1 Å². The van der Waals surface area contributed by atoms with Crippen molar-refractivity contribution in [3.8, 4) is 0 Å². The van der Waals surface area contributed by atoms with E-state index in [0.29, 0.717) is 29.0 Å². The highest BCUT2D eigenvalue weighted by Crippen LogP contribution is 2.19. The predicted molar refractivity (Wildman–Crippen MR) is 84.4 cm³/mol. The summed E-state index contributed by atoms with van der Waals surface area (Å²) in [6.45, 7) is 7.70. The summed E-state index contributed by atoms with van der Waals surface area (Å²) in [5, 5.41) is 3.33. The van der Waals surface area contributed by atoms with Crippen LogP contribution in [0.25, 0.3) is 0 Å². The minimum atomic E-state index is -0.0958. The van der Waals surface area contributed by atoms with Gasteiger partial charge in [0.15, 0.2) is 0 Å². The van der Waals surface area contributed by atoms with Gasteiger partial charge in [0.2, 0.25) is 0 Å². The largest absolute Gasteiger partial charge is 0.373 e.